The van der Waals surface area contributed by atoms with E-state index in [0.717, 1.165) is 16.8 Å². The minimum absolute atomic E-state index is 0.0322. The number of rotatable bonds is 5. The van der Waals surface area contributed by atoms with Gasteiger partial charge in [-0.2, -0.15) is 0 Å². The predicted molar refractivity (Wildman–Crippen MR) is 107 cm³/mol. The Morgan fingerprint density at radius 2 is 1.93 bits per heavy atom. The third-order valence-corrected chi connectivity index (χ3v) is 5.08. The van der Waals surface area contributed by atoms with E-state index < -0.39 is 29.7 Å². The van der Waals surface area contributed by atoms with E-state index in [1.807, 2.05) is 32.0 Å². The first-order valence-corrected chi connectivity index (χ1v) is 9.39. The van der Waals surface area contributed by atoms with Gasteiger partial charge in [-0.15, -0.1) is 0 Å². The fourth-order valence-electron chi connectivity index (χ4n) is 3.26. The maximum absolute atomic E-state index is 13.2. The molecule has 0 aliphatic carbocycles. The molecule has 0 saturated carbocycles. The summed E-state index contributed by atoms with van der Waals surface area (Å²) in [4.78, 5) is 38.8. The summed E-state index contributed by atoms with van der Waals surface area (Å²) in [5.41, 5.74) is 3.10. The van der Waals surface area contributed by atoms with Gasteiger partial charge in [-0.25, -0.2) is 4.39 Å². The highest BCUT2D eigenvalue weighted by Crippen LogP contribution is 2.30. The lowest BCUT2D eigenvalue weighted by Gasteiger charge is -2.20. The predicted octanol–water partition coefficient (Wildman–Crippen LogP) is 3.37. The SMILES string of the molecule is Cc1cccc(N2C[C@H](C(=O)O[C@H](C)C(=O)Nc3cccc(F)c3)CC2=O)c1C. The largest absolute Gasteiger partial charge is 0.452 e. The topological polar surface area (TPSA) is 75.7 Å². The van der Waals surface area contributed by atoms with E-state index in [9.17, 15) is 18.8 Å². The van der Waals surface area contributed by atoms with Crippen molar-refractivity contribution in [3.8, 4) is 0 Å². The number of hydrogen-bond acceptors (Lipinski definition) is 4. The number of halogens is 1. The lowest BCUT2D eigenvalue weighted by molar-refractivity contribution is -0.157. The minimum Gasteiger partial charge on any atom is -0.452 e. The normalized spacial score (nSPS) is 17.2. The summed E-state index contributed by atoms with van der Waals surface area (Å²) in [5, 5.41) is 2.50. The molecule has 1 N–H and O–H groups in total. The highest BCUT2D eigenvalue weighted by Gasteiger charge is 2.37. The van der Waals surface area contributed by atoms with Gasteiger partial charge in [-0.3, -0.25) is 14.4 Å². The van der Waals surface area contributed by atoms with E-state index in [1.165, 1.54) is 31.2 Å². The fourth-order valence-corrected chi connectivity index (χ4v) is 3.26. The molecule has 152 valence electrons. The summed E-state index contributed by atoms with van der Waals surface area (Å²) >= 11 is 0. The van der Waals surface area contributed by atoms with Crippen LogP contribution in [0.1, 0.15) is 24.5 Å². The zero-order chi connectivity index (χ0) is 21.1. The third-order valence-electron chi connectivity index (χ3n) is 5.08. The van der Waals surface area contributed by atoms with Crippen LogP contribution in [-0.2, 0) is 19.1 Å². The van der Waals surface area contributed by atoms with Crippen molar-refractivity contribution in [2.45, 2.75) is 33.3 Å². The third kappa shape index (κ3) is 4.62. The summed E-state index contributed by atoms with van der Waals surface area (Å²) in [6.07, 6.45) is -1.04. The molecular formula is C22H23FN2O4. The van der Waals surface area contributed by atoms with Crippen LogP contribution in [0.25, 0.3) is 0 Å². The number of hydrogen-bond donors (Lipinski definition) is 1. The average molecular weight is 398 g/mol. The van der Waals surface area contributed by atoms with Gasteiger partial charge in [0, 0.05) is 24.3 Å². The van der Waals surface area contributed by atoms with Gasteiger partial charge in [0.1, 0.15) is 5.82 Å². The van der Waals surface area contributed by atoms with Crippen molar-refractivity contribution in [2.75, 3.05) is 16.8 Å². The van der Waals surface area contributed by atoms with Gasteiger partial charge in [0.15, 0.2) is 6.10 Å². The molecule has 1 saturated heterocycles. The van der Waals surface area contributed by atoms with Crippen LogP contribution >= 0.6 is 0 Å². The molecule has 6 nitrogen and oxygen atoms in total. The maximum Gasteiger partial charge on any atom is 0.312 e. The molecular weight excluding hydrogens is 375 g/mol. The number of carbonyl (C=O) groups excluding carboxylic acids is 3. The van der Waals surface area contributed by atoms with Crippen LogP contribution in [-0.4, -0.2) is 30.4 Å². The summed E-state index contributed by atoms with van der Waals surface area (Å²) in [6, 6.07) is 11.1. The second kappa shape index (κ2) is 8.43. The second-order valence-electron chi connectivity index (χ2n) is 7.20. The van der Waals surface area contributed by atoms with Gasteiger partial charge in [-0.05, 0) is 56.2 Å². The molecule has 3 rings (SSSR count). The number of amides is 2. The van der Waals surface area contributed by atoms with Crippen LogP contribution in [0.15, 0.2) is 42.5 Å². The van der Waals surface area contributed by atoms with Gasteiger partial charge < -0.3 is 15.0 Å². The van der Waals surface area contributed by atoms with E-state index in [4.69, 9.17) is 4.74 Å². The van der Waals surface area contributed by atoms with Gasteiger partial charge in [0.05, 0.1) is 5.92 Å². The molecule has 1 aliphatic rings. The van der Waals surface area contributed by atoms with Gasteiger partial charge in [0.25, 0.3) is 5.91 Å². The minimum atomic E-state index is -1.07. The highest BCUT2D eigenvalue weighted by atomic mass is 19.1. The Hall–Kier alpha value is -3.22. The smallest absolute Gasteiger partial charge is 0.312 e. The maximum atomic E-state index is 13.2. The molecule has 0 bridgehead atoms. The van der Waals surface area contributed by atoms with Crippen molar-refractivity contribution in [1.82, 2.24) is 0 Å². The molecule has 1 fully saturated rings. The summed E-state index contributed by atoms with van der Waals surface area (Å²) in [6.45, 7) is 5.54. The van der Waals surface area contributed by atoms with E-state index in [0.29, 0.717) is 0 Å². The van der Waals surface area contributed by atoms with Gasteiger partial charge >= 0.3 is 5.97 Å². The number of benzene rings is 2. The van der Waals surface area contributed by atoms with Crippen molar-refractivity contribution in [2.24, 2.45) is 5.92 Å². The van der Waals surface area contributed by atoms with E-state index in [-0.39, 0.29) is 24.6 Å². The van der Waals surface area contributed by atoms with E-state index in [2.05, 4.69) is 5.32 Å². The van der Waals surface area contributed by atoms with Crippen LogP contribution in [0.2, 0.25) is 0 Å². The first-order valence-electron chi connectivity index (χ1n) is 9.39. The molecule has 0 aromatic heterocycles. The van der Waals surface area contributed by atoms with Crippen LogP contribution in [0.4, 0.5) is 15.8 Å². The Morgan fingerprint density at radius 1 is 1.21 bits per heavy atom. The molecule has 1 heterocycles. The van der Waals surface area contributed by atoms with Crippen molar-refractivity contribution in [1.29, 1.82) is 0 Å². The van der Waals surface area contributed by atoms with Crippen LogP contribution in [0.3, 0.4) is 0 Å². The number of nitrogens with one attached hydrogen (secondary N) is 1. The molecule has 0 unspecified atom stereocenters. The first-order chi connectivity index (χ1) is 13.8. The highest BCUT2D eigenvalue weighted by molar-refractivity contribution is 6.01. The van der Waals surface area contributed by atoms with Crippen molar-refractivity contribution < 1.29 is 23.5 Å². The lowest BCUT2D eigenvalue weighted by Crippen LogP contribution is -2.33. The van der Waals surface area contributed by atoms with Crippen LogP contribution < -0.4 is 10.2 Å². The monoisotopic (exact) mass is 398 g/mol. The fraction of sp³-hybridized carbons (Fsp3) is 0.318. The number of carbonyl (C=O) groups is 3. The Balaban J connectivity index is 1.61. The zero-order valence-electron chi connectivity index (χ0n) is 16.6. The standard InChI is InChI=1S/C22H23FN2O4/c1-13-6-4-9-19(14(13)2)25-12-16(10-20(25)26)22(28)29-15(3)21(27)24-18-8-5-7-17(23)11-18/h4-9,11,15-16H,10,12H2,1-3H3,(H,24,27)/t15-,16-/m1/s1. The van der Waals surface area contributed by atoms with Crippen molar-refractivity contribution in [3.05, 3.63) is 59.4 Å². The lowest BCUT2D eigenvalue weighted by atomic mass is 10.1. The number of ether oxygens (including phenoxy) is 1. The summed E-state index contributed by atoms with van der Waals surface area (Å²) in [5.74, 6) is -2.46. The molecule has 2 aromatic rings. The van der Waals surface area contributed by atoms with Crippen molar-refractivity contribution in [3.63, 3.8) is 0 Å². The molecule has 0 radical (unpaired) electrons. The molecule has 2 atom stereocenters. The van der Waals surface area contributed by atoms with Crippen LogP contribution in [0, 0.1) is 25.6 Å². The average Bonchev–Trinajstić information content (AvgIpc) is 3.05. The Bertz CT molecular complexity index is 960. The Kier molecular flexibility index (Phi) is 5.96. The van der Waals surface area contributed by atoms with Gasteiger partial charge in [-0.1, -0.05) is 18.2 Å². The molecule has 1 aliphatic heterocycles. The summed E-state index contributed by atoms with van der Waals surface area (Å²) < 4.78 is 18.5. The molecule has 29 heavy (non-hydrogen) atoms. The molecule has 2 aromatic carbocycles. The second-order valence-corrected chi connectivity index (χ2v) is 7.20. The zero-order valence-corrected chi connectivity index (χ0v) is 16.6. The molecule has 0 spiro atoms. The number of nitrogens with zero attached hydrogens (tertiary/aromatic N) is 1. The Morgan fingerprint density at radius 3 is 2.66 bits per heavy atom. The molecule has 7 heteroatoms. The number of esters is 1. The summed E-state index contributed by atoms with van der Waals surface area (Å²) in [7, 11) is 0. The molecule has 2 amide bonds. The van der Waals surface area contributed by atoms with E-state index >= 15 is 0 Å². The number of anilines is 2. The van der Waals surface area contributed by atoms with Crippen LogP contribution in [0.5, 0.6) is 0 Å². The first kappa shape index (κ1) is 20.5. The quantitative estimate of drug-likeness (QED) is 0.784. The Labute approximate surface area is 168 Å². The van der Waals surface area contributed by atoms with E-state index in [1.54, 1.807) is 4.90 Å². The van der Waals surface area contributed by atoms with Gasteiger partial charge in [0.2, 0.25) is 5.91 Å². The van der Waals surface area contributed by atoms with Crippen molar-refractivity contribution >= 4 is 29.2 Å². The number of aryl methyl sites for hydroxylation is 1.